The number of ether oxygens (including phenoxy) is 2. The normalized spacial score (nSPS) is 12.5. The Morgan fingerprint density at radius 2 is 1.79 bits per heavy atom. The Bertz CT molecular complexity index is 855. The van der Waals surface area contributed by atoms with E-state index in [1.807, 2.05) is 30.3 Å². The number of nitrogens with one attached hydrogen (secondary N) is 1. The Morgan fingerprint density at radius 3 is 2.38 bits per heavy atom. The standard InChI is InChI=1S/C22H25NO6/c1-4-27-22(26)19(16(3)24)20(23-13-18-11-8-12-28-18)15(2)21(25)29-14-17-9-6-5-7-10-17/h5-12,15,23H,4,13-14H2,1-3H3. The lowest BCUT2D eigenvalue weighted by atomic mass is 9.99. The molecule has 7 heteroatoms. The Kier molecular flexibility index (Phi) is 8.21. The highest BCUT2D eigenvalue weighted by atomic mass is 16.5. The van der Waals surface area contributed by atoms with Crippen LogP contribution in [0, 0.1) is 5.92 Å². The molecule has 2 aromatic rings. The summed E-state index contributed by atoms with van der Waals surface area (Å²) >= 11 is 0. The zero-order valence-electron chi connectivity index (χ0n) is 16.8. The zero-order valence-corrected chi connectivity index (χ0v) is 16.8. The van der Waals surface area contributed by atoms with Crippen LogP contribution in [0.1, 0.15) is 32.1 Å². The summed E-state index contributed by atoms with van der Waals surface area (Å²) in [6.45, 7) is 4.85. The van der Waals surface area contributed by atoms with Crippen molar-refractivity contribution in [1.82, 2.24) is 5.32 Å². The van der Waals surface area contributed by atoms with Crippen LogP contribution in [-0.2, 0) is 37.0 Å². The van der Waals surface area contributed by atoms with Crippen molar-refractivity contribution in [2.45, 2.75) is 33.9 Å². The maximum absolute atomic E-state index is 12.6. The Hall–Kier alpha value is -3.35. The van der Waals surface area contributed by atoms with Crippen LogP contribution in [0.2, 0.25) is 0 Å². The molecule has 0 fully saturated rings. The maximum Gasteiger partial charge on any atom is 0.343 e. The summed E-state index contributed by atoms with van der Waals surface area (Å²) in [5.74, 6) is -2.17. The molecule has 0 aliphatic heterocycles. The molecular formula is C22H25NO6. The van der Waals surface area contributed by atoms with Gasteiger partial charge in [0.15, 0.2) is 5.78 Å². The molecule has 0 aliphatic rings. The van der Waals surface area contributed by atoms with Crippen LogP contribution in [0.15, 0.2) is 64.4 Å². The second kappa shape index (κ2) is 10.8. The van der Waals surface area contributed by atoms with E-state index in [-0.39, 0.29) is 31.0 Å². The second-order valence-electron chi connectivity index (χ2n) is 6.31. The smallest absolute Gasteiger partial charge is 0.343 e. The summed E-state index contributed by atoms with van der Waals surface area (Å²) in [7, 11) is 0. The van der Waals surface area contributed by atoms with Gasteiger partial charge in [0.25, 0.3) is 0 Å². The predicted molar refractivity (Wildman–Crippen MR) is 105 cm³/mol. The van der Waals surface area contributed by atoms with Crippen LogP contribution in [0.3, 0.4) is 0 Å². The van der Waals surface area contributed by atoms with Gasteiger partial charge in [0.1, 0.15) is 17.9 Å². The molecule has 154 valence electrons. The van der Waals surface area contributed by atoms with Crippen LogP contribution < -0.4 is 5.32 Å². The number of rotatable bonds is 10. The van der Waals surface area contributed by atoms with Crippen molar-refractivity contribution < 1.29 is 28.3 Å². The lowest BCUT2D eigenvalue weighted by Crippen LogP contribution is -2.31. The molecule has 2 rings (SSSR count). The van der Waals surface area contributed by atoms with E-state index in [0.717, 1.165) is 5.56 Å². The summed E-state index contributed by atoms with van der Waals surface area (Å²) < 4.78 is 15.7. The highest BCUT2D eigenvalue weighted by molar-refractivity contribution is 6.17. The van der Waals surface area contributed by atoms with Crippen LogP contribution in [0.25, 0.3) is 0 Å². The predicted octanol–water partition coefficient (Wildman–Crippen LogP) is 3.15. The van der Waals surface area contributed by atoms with E-state index in [9.17, 15) is 14.4 Å². The van der Waals surface area contributed by atoms with Gasteiger partial charge >= 0.3 is 11.9 Å². The molecule has 0 aliphatic carbocycles. The summed E-state index contributed by atoms with van der Waals surface area (Å²) in [6.07, 6.45) is 1.51. The molecule has 7 nitrogen and oxygen atoms in total. The topological polar surface area (TPSA) is 94.8 Å². The molecule has 0 radical (unpaired) electrons. The summed E-state index contributed by atoms with van der Waals surface area (Å²) in [6, 6.07) is 12.7. The molecule has 0 bridgehead atoms. The third-order valence-corrected chi connectivity index (χ3v) is 4.14. The van der Waals surface area contributed by atoms with E-state index < -0.39 is 23.6 Å². The third-order valence-electron chi connectivity index (χ3n) is 4.14. The van der Waals surface area contributed by atoms with Crippen molar-refractivity contribution in [2.24, 2.45) is 5.92 Å². The van der Waals surface area contributed by atoms with Gasteiger partial charge in [-0.05, 0) is 38.5 Å². The number of carbonyl (C=O) groups excluding carboxylic acids is 3. The molecule has 0 saturated heterocycles. The van der Waals surface area contributed by atoms with Crippen molar-refractivity contribution in [2.75, 3.05) is 6.61 Å². The van der Waals surface area contributed by atoms with Crippen LogP contribution >= 0.6 is 0 Å². The highest BCUT2D eigenvalue weighted by Crippen LogP contribution is 2.19. The fraction of sp³-hybridized carbons (Fsp3) is 0.318. The fourth-order valence-corrected chi connectivity index (χ4v) is 2.67. The number of Topliss-reactive ketones (excluding diaryl/α,β-unsaturated/α-hetero) is 1. The number of hydrogen-bond donors (Lipinski definition) is 1. The van der Waals surface area contributed by atoms with E-state index in [1.165, 1.54) is 13.2 Å². The summed E-state index contributed by atoms with van der Waals surface area (Å²) in [5, 5.41) is 2.99. The van der Waals surface area contributed by atoms with E-state index >= 15 is 0 Å². The molecular weight excluding hydrogens is 374 g/mol. The summed E-state index contributed by atoms with van der Waals surface area (Å²) in [4.78, 5) is 37.2. The first-order chi connectivity index (χ1) is 13.9. The van der Waals surface area contributed by atoms with Crippen LogP contribution in [0.4, 0.5) is 0 Å². The number of esters is 2. The Balaban J connectivity index is 2.25. The van der Waals surface area contributed by atoms with Crippen LogP contribution in [0.5, 0.6) is 0 Å². The van der Waals surface area contributed by atoms with E-state index in [4.69, 9.17) is 13.9 Å². The number of carbonyl (C=O) groups is 3. The SMILES string of the molecule is CCOC(=O)C(C(C)=O)=C(NCc1ccco1)C(C)C(=O)OCc1ccccc1. The molecule has 0 spiro atoms. The van der Waals surface area contributed by atoms with E-state index in [2.05, 4.69) is 5.32 Å². The quantitative estimate of drug-likeness (QED) is 0.284. The van der Waals surface area contributed by atoms with Crippen molar-refractivity contribution in [3.8, 4) is 0 Å². The molecule has 1 atom stereocenters. The molecule has 0 amide bonds. The van der Waals surface area contributed by atoms with Gasteiger partial charge in [-0.1, -0.05) is 30.3 Å². The van der Waals surface area contributed by atoms with Crippen molar-refractivity contribution >= 4 is 17.7 Å². The second-order valence-corrected chi connectivity index (χ2v) is 6.31. The first kappa shape index (κ1) is 21.9. The summed E-state index contributed by atoms with van der Waals surface area (Å²) in [5.41, 5.74) is 0.771. The van der Waals surface area contributed by atoms with Crippen molar-refractivity contribution in [3.05, 3.63) is 71.3 Å². The van der Waals surface area contributed by atoms with Gasteiger partial charge in [0.05, 0.1) is 25.3 Å². The molecule has 1 N–H and O–H groups in total. The van der Waals surface area contributed by atoms with Gasteiger partial charge in [-0.15, -0.1) is 0 Å². The molecule has 29 heavy (non-hydrogen) atoms. The maximum atomic E-state index is 12.6. The average Bonchev–Trinajstić information content (AvgIpc) is 3.22. The van der Waals surface area contributed by atoms with E-state index in [1.54, 1.807) is 26.0 Å². The lowest BCUT2D eigenvalue weighted by Gasteiger charge is -2.20. The van der Waals surface area contributed by atoms with Crippen LogP contribution in [-0.4, -0.2) is 24.3 Å². The number of furan rings is 1. The largest absolute Gasteiger partial charge is 0.467 e. The van der Waals surface area contributed by atoms with Gasteiger partial charge in [-0.3, -0.25) is 9.59 Å². The zero-order chi connectivity index (χ0) is 21.2. The molecule has 1 heterocycles. The minimum atomic E-state index is -0.892. The van der Waals surface area contributed by atoms with Gasteiger partial charge in [-0.25, -0.2) is 4.79 Å². The van der Waals surface area contributed by atoms with Crippen molar-refractivity contribution in [1.29, 1.82) is 0 Å². The number of benzene rings is 1. The highest BCUT2D eigenvalue weighted by Gasteiger charge is 2.29. The molecule has 1 unspecified atom stereocenters. The first-order valence-electron chi connectivity index (χ1n) is 9.33. The fourth-order valence-electron chi connectivity index (χ4n) is 2.67. The van der Waals surface area contributed by atoms with E-state index in [0.29, 0.717) is 5.76 Å². The lowest BCUT2D eigenvalue weighted by molar-refractivity contribution is -0.148. The number of ketones is 1. The number of hydrogen-bond acceptors (Lipinski definition) is 7. The van der Waals surface area contributed by atoms with Gasteiger partial charge in [0.2, 0.25) is 0 Å². The van der Waals surface area contributed by atoms with Gasteiger partial charge < -0.3 is 19.2 Å². The molecule has 0 saturated carbocycles. The van der Waals surface area contributed by atoms with Gasteiger partial charge in [-0.2, -0.15) is 0 Å². The van der Waals surface area contributed by atoms with Crippen molar-refractivity contribution in [3.63, 3.8) is 0 Å². The van der Waals surface area contributed by atoms with Gasteiger partial charge in [0, 0.05) is 5.70 Å². The minimum Gasteiger partial charge on any atom is -0.467 e. The first-order valence-corrected chi connectivity index (χ1v) is 9.33. The monoisotopic (exact) mass is 399 g/mol. The average molecular weight is 399 g/mol. The molecule has 1 aromatic carbocycles. The Morgan fingerprint density at radius 1 is 1.07 bits per heavy atom. The minimum absolute atomic E-state index is 0.0876. The third kappa shape index (κ3) is 6.34. The molecule has 1 aromatic heterocycles. The Labute approximate surface area is 169 Å².